The first-order valence-corrected chi connectivity index (χ1v) is 9.49. The van der Waals surface area contributed by atoms with Crippen molar-refractivity contribution in [3.8, 4) is 0 Å². The van der Waals surface area contributed by atoms with E-state index in [0.717, 1.165) is 18.4 Å². The third kappa shape index (κ3) is 4.04. The van der Waals surface area contributed by atoms with Crippen LogP contribution in [0.5, 0.6) is 0 Å². The summed E-state index contributed by atoms with van der Waals surface area (Å²) in [6.07, 6.45) is 5.12. The summed E-state index contributed by atoms with van der Waals surface area (Å²) < 4.78 is 19.6. The van der Waals surface area contributed by atoms with Gasteiger partial charge >= 0.3 is 0 Å². The van der Waals surface area contributed by atoms with Crippen LogP contribution in [-0.4, -0.2) is 40.9 Å². The van der Waals surface area contributed by atoms with Crippen molar-refractivity contribution in [3.63, 3.8) is 0 Å². The van der Waals surface area contributed by atoms with E-state index in [1.165, 1.54) is 18.2 Å². The van der Waals surface area contributed by atoms with E-state index in [4.69, 9.17) is 4.74 Å². The second-order valence-electron chi connectivity index (χ2n) is 7.23. The minimum absolute atomic E-state index is 0.0483. The fraction of sp³-hybridized carbons (Fsp3) is 0.381. The quantitative estimate of drug-likeness (QED) is 0.881. The highest BCUT2D eigenvalue weighted by Gasteiger charge is 2.35. The van der Waals surface area contributed by atoms with Gasteiger partial charge < -0.3 is 15.0 Å². The molecule has 1 saturated heterocycles. The van der Waals surface area contributed by atoms with Crippen LogP contribution in [0.1, 0.15) is 36.3 Å². The van der Waals surface area contributed by atoms with Crippen molar-refractivity contribution in [2.24, 2.45) is 0 Å². The molecule has 1 N–H and O–H groups in total. The maximum Gasteiger partial charge on any atom is 0.230 e. The average Bonchev–Trinajstić information content (AvgIpc) is 2.72. The summed E-state index contributed by atoms with van der Waals surface area (Å²) in [5, 5.41) is 2.71. The molecule has 1 aromatic heterocycles. The lowest BCUT2D eigenvalue weighted by Crippen LogP contribution is -2.44. The molecule has 146 valence electrons. The zero-order valence-corrected chi connectivity index (χ0v) is 15.4. The molecule has 0 saturated carbocycles. The first kappa shape index (κ1) is 18.6. The van der Waals surface area contributed by atoms with E-state index in [1.54, 1.807) is 17.3 Å². The van der Waals surface area contributed by atoms with Crippen LogP contribution in [0, 0.1) is 5.82 Å². The van der Waals surface area contributed by atoms with Crippen LogP contribution in [0.15, 0.2) is 42.7 Å². The third-order valence-corrected chi connectivity index (χ3v) is 5.31. The molecule has 1 aromatic carbocycles. The first-order valence-electron chi connectivity index (χ1n) is 9.49. The fourth-order valence-corrected chi connectivity index (χ4v) is 3.81. The van der Waals surface area contributed by atoms with Crippen LogP contribution < -0.4 is 5.32 Å². The molecule has 2 amide bonds. The van der Waals surface area contributed by atoms with Crippen LogP contribution >= 0.6 is 0 Å². The summed E-state index contributed by atoms with van der Waals surface area (Å²) in [5.41, 5.74) is 2.10. The monoisotopic (exact) mass is 383 g/mol. The summed E-state index contributed by atoms with van der Waals surface area (Å²) >= 11 is 0. The zero-order valence-electron chi connectivity index (χ0n) is 15.4. The molecule has 0 radical (unpaired) electrons. The number of anilines is 1. The molecule has 1 fully saturated rings. The van der Waals surface area contributed by atoms with Crippen LogP contribution in [0.4, 0.5) is 10.1 Å². The van der Waals surface area contributed by atoms with Gasteiger partial charge in [-0.05, 0) is 48.2 Å². The molecule has 2 aliphatic heterocycles. The van der Waals surface area contributed by atoms with Gasteiger partial charge in [-0.15, -0.1) is 0 Å². The van der Waals surface area contributed by atoms with E-state index in [9.17, 15) is 14.0 Å². The lowest BCUT2D eigenvalue weighted by atomic mass is 9.88. The summed E-state index contributed by atoms with van der Waals surface area (Å²) in [5.74, 6) is -1.37. The highest BCUT2D eigenvalue weighted by atomic mass is 19.1. The standard InChI is InChI=1S/C21H22FN3O3/c22-15-3-4-19-17(10-15)18(11-20(26)24-19)21(27)25-8-5-16(6-9-25)28-13-14-2-1-7-23-12-14/h1-4,7,10,12,16,18H,5-6,8-9,11,13H2,(H,24,26)/t18-/m1/s1. The minimum atomic E-state index is -0.632. The Bertz CT molecular complexity index is 866. The number of hydrogen-bond donors (Lipinski definition) is 1. The predicted molar refractivity (Wildman–Crippen MR) is 101 cm³/mol. The molecule has 0 unspecified atom stereocenters. The van der Waals surface area contributed by atoms with Crippen molar-refractivity contribution in [2.75, 3.05) is 18.4 Å². The number of hydrogen-bond acceptors (Lipinski definition) is 4. The van der Waals surface area contributed by atoms with Gasteiger partial charge in [0, 0.05) is 37.6 Å². The van der Waals surface area contributed by atoms with Gasteiger partial charge in [-0.2, -0.15) is 0 Å². The van der Waals surface area contributed by atoms with Gasteiger partial charge in [0.15, 0.2) is 0 Å². The molecule has 2 aromatic rings. The smallest absolute Gasteiger partial charge is 0.230 e. The van der Waals surface area contributed by atoms with Crippen molar-refractivity contribution in [1.29, 1.82) is 0 Å². The Hall–Kier alpha value is -2.80. The number of amides is 2. The van der Waals surface area contributed by atoms with Gasteiger partial charge in [0.25, 0.3) is 0 Å². The van der Waals surface area contributed by atoms with Crippen molar-refractivity contribution in [1.82, 2.24) is 9.88 Å². The van der Waals surface area contributed by atoms with Gasteiger partial charge in [0.1, 0.15) is 5.82 Å². The number of halogens is 1. The number of rotatable bonds is 4. The summed E-state index contributed by atoms with van der Waals surface area (Å²) in [4.78, 5) is 30.9. The highest BCUT2D eigenvalue weighted by Crippen LogP contribution is 2.34. The van der Waals surface area contributed by atoms with Crippen molar-refractivity contribution >= 4 is 17.5 Å². The van der Waals surface area contributed by atoms with Gasteiger partial charge in [-0.1, -0.05) is 6.07 Å². The van der Waals surface area contributed by atoms with Crippen LogP contribution in [0.25, 0.3) is 0 Å². The lowest BCUT2D eigenvalue weighted by molar-refractivity contribution is -0.137. The normalized spacial score (nSPS) is 19.8. The second kappa shape index (κ2) is 8.06. The molecule has 0 spiro atoms. The molecule has 1 atom stereocenters. The molecule has 0 aliphatic carbocycles. The number of ether oxygens (including phenoxy) is 1. The van der Waals surface area contributed by atoms with Crippen LogP contribution in [0.2, 0.25) is 0 Å². The number of likely N-dealkylation sites (tertiary alicyclic amines) is 1. The van der Waals surface area contributed by atoms with Gasteiger partial charge in [-0.25, -0.2) is 4.39 Å². The fourth-order valence-electron chi connectivity index (χ4n) is 3.81. The molecule has 7 heteroatoms. The van der Waals surface area contributed by atoms with E-state index in [2.05, 4.69) is 10.3 Å². The number of nitrogens with zero attached hydrogens (tertiary/aromatic N) is 2. The largest absolute Gasteiger partial charge is 0.373 e. The Balaban J connectivity index is 1.37. The minimum Gasteiger partial charge on any atom is -0.373 e. The molecule has 0 bridgehead atoms. The summed E-state index contributed by atoms with van der Waals surface area (Å²) in [6, 6.07) is 8.00. The molecule has 2 aliphatic rings. The number of nitrogens with one attached hydrogen (secondary N) is 1. The molecular weight excluding hydrogens is 361 g/mol. The van der Waals surface area contributed by atoms with E-state index in [0.29, 0.717) is 30.9 Å². The number of fused-ring (bicyclic) bond motifs is 1. The number of piperidine rings is 1. The first-order chi connectivity index (χ1) is 13.6. The maximum absolute atomic E-state index is 13.7. The number of carbonyl (C=O) groups is 2. The molecule has 6 nitrogen and oxygen atoms in total. The van der Waals surface area contributed by atoms with Crippen molar-refractivity contribution < 1.29 is 18.7 Å². The average molecular weight is 383 g/mol. The zero-order chi connectivity index (χ0) is 19.5. The number of carbonyl (C=O) groups excluding carboxylic acids is 2. The van der Waals surface area contributed by atoms with E-state index in [1.807, 2.05) is 12.1 Å². The summed E-state index contributed by atoms with van der Waals surface area (Å²) in [6.45, 7) is 1.64. The van der Waals surface area contributed by atoms with E-state index in [-0.39, 0.29) is 24.3 Å². The Labute approximate surface area is 162 Å². The van der Waals surface area contributed by atoms with Gasteiger partial charge in [0.05, 0.1) is 18.6 Å². The predicted octanol–water partition coefficient (Wildman–Crippen LogP) is 2.85. The Morgan fingerprint density at radius 2 is 2.11 bits per heavy atom. The second-order valence-corrected chi connectivity index (χ2v) is 7.23. The number of benzene rings is 1. The molecule has 4 rings (SSSR count). The van der Waals surface area contributed by atoms with E-state index < -0.39 is 11.7 Å². The van der Waals surface area contributed by atoms with Gasteiger partial charge in [-0.3, -0.25) is 14.6 Å². The summed E-state index contributed by atoms with van der Waals surface area (Å²) in [7, 11) is 0. The lowest BCUT2D eigenvalue weighted by Gasteiger charge is -2.35. The Morgan fingerprint density at radius 1 is 1.29 bits per heavy atom. The third-order valence-electron chi connectivity index (χ3n) is 5.31. The van der Waals surface area contributed by atoms with Crippen molar-refractivity contribution in [3.05, 3.63) is 59.7 Å². The molecular formula is C21H22FN3O3. The van der Waals surface area contributed by atoms with Crippen LogP contribution in [-0.2, 0) is 20.9 Å². The maximum atomic E-state index is 13.7. The van der Waals surface area contributed by atoms with E-state index >= 15 is 0 Å². The van der Waals surface area contributed by atoms with Crippen LogP contribution in [0.3, 0.4) is 0 Å². The highest BCUT2D eigenvalue weighted by molar-refractivity contribution is 6.01. The molecule has 3 heterocycles. The SMILES string of the molecule is O=C1C[C@@H](C(=O)N2CCC(OCc3cccnc3)CC2)c2cc(F)ccc2N1. The Morgan fingerprint density at radius 3 is 2.86 bits per heavy atom. The van der Waals surface area contributed by atoms with Gasteiger partial charge in [0.2, 0.25) is 11.8 Å². The Kier molecular flexibility index (Phi) is 5.34. The number of pyridine rings is 1. The number of aromatic nitrogens is 1. The molecule has 28 heavy (non-hydrogen) atoms. The topological polar surface area (TPSA) is 71.5 Å². The van der Waals surface area contributed by atoms with Crippen molar-refractivity contribution in [2.45, 2.75) is 37.9 Å².